The third-order valence-corrected chi connectivity index (χ3v) is 7.47. The van der Waals surface area contributed by atoms with Gasteiger partial charge in [-0.1, -0.05) is 134 Å². The third-order valence-electron chi connectivity index (χ3n) is 7.47. The minimum absolute atomic E-state index is 0.279. The summed E-state index contributed by atoms with van der Waals surface area (Å²) in [7, 11) is 1.62. The molecule has 0 spiro atoms. The van der Waals surface area contributed by atoms with E-state index in [9.17, 15) is 9.59 Å². The summed E-state index contributed by atoms with van der Waals surface area (Å²) in [6.45, 7) is 2.66. The minimum atomic E-state index is -0.748. The second kappa shape index (κ2) is 21.9. The van der Waals surface area contributed by atoms with E-state index in [1.807, 2.05) is 42.5 Å². The molecule has 5 nitrogen and oxygen atoms in total. The van der Waals surface area contributed by atoms with Crippen molar-refractivity contribution in [1.82, 2.24) is 5.32 Å². The molecule has 0 aliphatic heterocycles. The lowest BCUT2D eigenvalue weighted by Crippen LogP contribution is -2.43. The van der Waals surface area contributed by atoms with Crippen LogP contribution in [0.25, 0.3) is 0 Å². The second-order valence-electron chi connectivity index (χ2n) is 10.9. The first-order valence-electron chi connectivity index (χ1n) is 15.8. The maximum Gasteiger partial charge on any atom is 0.328 e. The van der Waals surface area contributed by atoms with Crippen LogP contribution >= 0.6 is 0 Å². The molecule has 1 N–H and O–H groups in total. The molecule has 0 saturated carbocycles. The molecule has 0 bridgehead atoms. The van der Waals surface area contributed by atoms with E-state index >= 15 is 0 Å². The highest BCUT2D eigenvalue weighted by Crippen LogP contribution is 2.15. The van der Waals surface area contributed by atoms with Crippen LogP contribution < -0.4 is 10.1 Å². The van der Waals surface area contributed by atoms with Crippen molar-refractivity contribution in [3.63, 3.8) is 0 Å². The fourth-order valence-electron chi connectivity index (χ4n) is 4.95. The Kier molecular flexibility index (Phi) is 18.3. The predicted molar refractivity (Wildman–Crippen MR) is 165 cm³/mol. The van der Waals surface area contributed by atoms with Gasteiger partial charge < -0.3 is 14.8 Å². The van der Waals surface area contributed by atoms with Crippen LogP contribution in [-0.2, 0) is 16.0 Å². The molecule has 0 heterocycles. The Labute approximate surface area is 243 Å². The second-order valence-corrected chi connectivity index (χ2v) is 10.9. The summed E-state index contributed by atoms with van der Waals surface area (Å²) in [5, 5.41) is 2.87. The van der Waals surface area contributed by atoms with E-state index in [1.54, 1.807) is 19.2 Å². The Morgan fingerprint density at radius 1 is 0.675 bits per heavy atom. The molecule has 0 aromatic heterocycles. The Morgan fingerprint density at radius 2 is 1.18 bits per heavy atom. The summed E-state index contributed by atoms with van der Waals surface area (Å²) in [6.07, 6.45) is 21.3. The molecular weight excluding hydrogens is 498 g/mol. The van der Waals surface area contributed by atoms with Gasteiger partial charge in [-0.2, -0.15) is 0 Å². The molecule has 1 atom stereocenters. The Morgan fingerprint density at radius 3 is 1.68 bits per heavy atom. The topological polar surface area (TPSA) is 64.6 Å². The van der Waals surface area contributed by atoms with Crippen molar-refractivity contribution in [3.8, 4) is 5.75 Å². The number of benzene rings is 2. The first kappa shape index (κ1) is 33.4. The largest absolute Gasteiger partial charge is 0.497 e. The molecule has 5 heteroatoms. The molecule has 1 amide bonds. The third kappa shape index (κ3) is 15.1. The van der Waals surface area contributed by atoms with Crippen molar-refractivity contribution in [3.05, 3.63) is 65.7 Å². The molecule has 0 fully saturated rings. The van der Waals surface area contributed by atoms with Gasteiger partial charge in [-0.05, 0) is 36.2 Å². The van der Waals surface area contributed by atoms with Gasteiger partial charge in [0, 0.05) is 12.0 Å². The molecule has 1 unspecified atom stereocenters. The van der Waals surface area contributed by atoms with Crippen molar-refractivity contribution < 1.29 is 19.1 Å². The predicted octanol–water partition coefficient (Wildman–Crippen LogP) is 8.84. The van der Waals surface area contributed by atoms with E-state index in [-0.39, 0.29) is 11.9 Å². The zero-order valence-corrected chi connectivity index (χ0v) is 25.1. The van der Waals surface area contributed by atoms with Gasteiger partial charge in [0.25, 0.3) is 5.91 Å². The zero-order chi connectivity index (χ0) is 28.7. The van der Waals surface area contributed by atoms with E-state index < -0.39 is 6.04 Å². The molecule has 0 aliphatic carbocycles. The highest BCUT2D eigenvalue weighted by Gasteiger charge is 2.23. The number of rotatable bonds is 23. The SMILES string of the molecule is CCCCCCCCCCCCCCCCCCOC(=O)C(Cc1ccc(OC)cc1)NC(=O)c1ccccc1. The van der Waals surface area contributed by atoms with Gasteiger partial charge in [0.2, 0.25) is 0 Å². The normalized spacial score (nSPS) is 11.7. The quantitative estimate of drug-likeness (QED) is 0.111. The van der Waals surface area contributed by atoms with Gasteiger partial charge in [-0.25, -0.2) is 4.79 Å². The summed E-state index contributed by atoms with van der Waals surface area (Å²) in [6, 6.07) is 15.7. The lowest BCUT2D eigenvalue weighted by molar-refractivity contribution is -0.146. The number of carbonyl (C=O) groups excluding carboxylic acids is 2. The average Bonchev–Trinajstić information content (AvgIpc) is 2.99. The Bertz CT molecular complexity index is 913. The van der Waals surface area contributed by atoms with Crippen LogP contribution in [0.1, 0.15) is 126 Å². The van der Waals surface area contributed by atoms with Gasteiger partial charge in [0.05, 0.1) is 13.7 Å². The summed E-state index contributed by atoms with van der Waals surface area (Å²) in [4.78, 5) is 25.7. The minimum Gasteiger partial charge on any atom is -0.497 e. The van der Waals surface area contributed by atoms with Crippen molar-refractivity contribution in [2.75, 3.05) is 13.7 Å². The van der Waals surface area contributed by atoms with Crippen molar-refractivity contribution in [2.24, 2.45) is 0 Å². The van der Waals surface area contributed by atoms with E-state index in [4.69, 9.17) is 9.47 Å². The van der Waals surface area contributed by atoms with Crippen LogP contribution in [-0.4, -0.2) is 31.6 Å². The van der Waals surface area contributed by atoms with Crippen LogP contribution in [0.5, 0.6) is 5.75 Å². The molecule has 222 valence electrons. The molecule has 2 aromatic rings. The molecule has 2 rings (SSSR count). The molecule has 0 saturated heterocycles. The number of hydrogen-bond acceptors (Lipinski definition) is 4. The summed E-state index contributed by atoms with van der Waals surface area (Å²) in [5.74, 6) is 0.0826. The number of ether oxygens (including phenoxy) is 2. The summed E-state index contributed by atoms with van der Waals surface area (Å²) in [5.41, 5.74) is 1.45. The van der Waals surface area contributed by atoms with E-state index in [0.29, 0.717) is 18.6 Å². The molecular formula is C35H53NO4. The molecule has 2 aromatic carbocycles. The number of hydrogen-bond donors (Lipinski definition) is 1. The molecule has 0 radical (unpaired) electrons. The average molecular weight is 552 g/mol. The highest BCUT2D eigenvalue weighted by atomic mass is 16.5. The maximum absolute atomic E-state index is 12.9. The van der Waals surface area contributed by atoms with E-state index in [1.165, 1.54) is 89.9 Å². The highest BCUT2D eigenvalue weighted by molar-refractivity contribution is 5.96. The van der Waals surface area contributed by atoms with Crippen molar-refractivity contribution in [2.45, 2.75) is 122 Å². The fraction of sp³-hybridized carbons (Fsp3) is 0.600. The first-order valence-corrected chi connectivity index (χ1v) is 15.8. The van der Waals surface area contributed by atoms with Gasteiger partial charge in [-0.15, -0.1) is 0 Å². The van der Waals surface area contributed by atoms with Gasteiger partial charge >= 0.3 is 5.97 Å². The lowest BCUT2D eigenvalue weighted by Gasteiger charge is -2.18. The maximum atomic E-state index is 12.9. The van der Waals surface area contributed by atoms with Gasteiger partial charge in [-0.3, -0.25) is 4.79 Å². The van der Waals surface area contributed by atoms with Crippen LogP contribution in [0.4, 0.5) is 0 Å². The number of methoxy groups -OCH3 is 1. The van der Waals surface area contributed by atoms with Gasteiger partial charge in [0.15, 0.2) is 0 Å². The van der Waals surface area contributed by atoms with Gasteiger partial charge in [0.1, 0.15) is 11.8 Å². The standard InChI is InChI=1S/C35H53NO4/c1-3-4-5-6-7-8-9-10-11-12-13-14-15-16-17-21-28-40-35(38)33(29-30-24-26-32(39-2)27-25-30)36-34(37)31-22-19-18-20-23-31/h18-20,22-27,33H,3-17,21,28-29H2,1-2H3,(H,36,37). The number of amides is 1. The van der Waals surface area contributed by atoms with Crippen LogP contribution in [0.3, 0.4) is 0 Å². The van der Waals surface area contributed by atoms with Crippen LogP contribution in [0, 0.1) is 0 Å². The number of nitrogens with one attached hydrogen (secondary N) is 1. The van der Waals surface area contributed by atoms with Crippen molar-refractivity contribution in [1.29, 1.82) is 0 Å². The van der Waals surface area contributed by atoms with E-state index in [0.717, 1.165) is 24.2 Å². The lowest BCUT2D eigenvalue weighted by atomic mass is 10.0. The zero-order valence-electron chi connectivity index (χ0n) is 25.1. The monoisotopic (exact) mass is 551 g/mol. The summed E-state index contributed by atoms with van der Waals surface area (Å²) < 4.78 is 10.8. The van der Waals surface area contributed by atoms with Crippen LogP contribution in [0.2, 0.25) is 0 Å². The number of carbonyl (C=O) groups is 2. The first-order chi connectivity index (χ1) is 19.6. The number of esters is 1. The Hall–Kier alpha value is -2.82. The molecule has 0 aliphatic rings. The number of unbranched alkanes of at least 4 members (excludes halogenated alkanes) is 15. The van der Waals surface area contributed by atoms with Crippen molar-refractivity contribution >= 4 is 11.9 Å². The fourth-order valence-corrected chi connectivity index (χ4v) is 4.95. The van der Waals surface area contributed by atoms with Crippen LogP contribution in [0.15, 0.2) is 54.6 Å². The summed E-state index contributed by atoms with van der Waals surface area (Å²) >= 11 is 0. The van der Waals surface area contributed by atoms with E-state index in [2.05, 4.69) is 12.2 Å². The molecule has 40 heavy (non-hydrogen) atoms. The smallest absolute Gasteiger partial charge is 0.328 e. The Balaban J connectivity index is 1.59.